The monoisotopic (exact) mass is 299 g/mol. The third kappa shape index (κ3) is 2.83. The number of urea groups is 1. The zero-order chi connectivity index (χ0) is 15.3. The predicted molar refractivity (Wildman–Crippen MR) is 71.7 cm³/mol. The van der Waals surface area contributed by atoms with Crippen LogP contribution in [0.15, 0.2) is 24.3 Å². The van der Waals surface area contributed by atoms with Crippen LogP contribution in [0.2, 0.25) is 0 Å². The minimum absolute atomic E-state index is 0.135. The highest BCUT2D eigenvalue weighted by Gasteiger charge is 2.51. The van der Waals surface area contributed by atoms with Crippen LogP contribution in [0.25, 0.3) is 0 Å². The van der Waals surface area contributed by atoms with Crippen molar-refractivity contribution in [3.63, 3.8) is 0 Å². The number of alkyl halides is 3. The maximum atomic E-state index is 12.6. The molecule has 0 spiro atoms. The molecule has 1 heterocycles. The SMILES string of the molecule is NC1(C2CC2)CN(C(=O)Nc2cccc(C(F)(F)F)c2)C1. The Morgan fingerprint density at radius 2 is 2.00 bits per heavy atom. The molecular weight excluding hydrogens is 283 g/mol. The van der Waals surface area contributed by atoms with Crippen LogP contribution < -0.4 is 11.1 Å². The molecule has 2 fully saturated rings. The Morgan fingerprint density at radius 1 is 1.33 bits per heavy atom. The zero-order valence-corrected chi connectivity index (χ0v) is 11.3. The first kappa shape index (κ1) is 14.2. The molecule has 1 aliphatic carbocycles. The largest absolute Gasteiger partial charge is 0.416 e. The van der Waals surface area contributed by atoms with Crippen LogP contribution in [0.4, 0.5) is 23.7 Å². The Bertz CT molecular complexity index is 563. The first-order valence-corrected chi connectivity index (χ1v) is 6.80. The van der Waals surface area contributed by atoms with Crippen molar-refractivity contribution in [3.8, 4) is 0 Å². The summed E-state index contributed by atoms with van der Waals surface area (Å²) >= 11 is 0. The summed E-state index contributed by atoms with van der Waals surface area (Å²) in [5.74, 6) is 0.482. The van der Waals surface area contributed by atoms with Crippen LogP contribution in [0.1, 0.15) is 18.4 Å². The molecule has 1 saturated carbocycles. The van der Waals surface area contributed by atoms with E-state index in [2.05, 4.69) is 5.32 Å². The van der Waals surface area contributed by atoms with E-state index in [1.807, 2.05) is 0 Å². The third-order valence-electron chi connectivity index (χ3n) is 4.09. The number of rotatable bonds is 2. The van der Waals surface area contributed by atoms with Crippen molar-refractivity contribution in [3.05, 3.63) is 29.8 Å². The van der Waals surface area contributed by atoms with E-state index >= 15 is 0 Å². The Hall–Kier alpha value is -1.76. The summed E-state index contributed by atoms with van der Waals surface area (Å²) in [4.78, 5) is 13.5. The third-order valence-corrected chi connectivity index (χ3v) is 4.09. The maximum absolute atomic E-state index is 12.6. The van der Waals surface area contributed by atoms with Gasteiger partial charge in [0.25, 0.3) is 0 Å². The second kappa shape index (κ2) is 4.62. The number of nitrogens with zero attached hydrogens (tertiary/aromatic N) is 1. The van der Waals surface area contributed by atoms with Gasteiger partial charge in [0.15, 0.2) is 0 Å². The fraction of sp³-hybridized carbons (Fsp3) is 0.500. The lowest BCUT2D eigenvalue weighted by molar-refractivity contribution is -0.137. The first-order chi connectivity index (χ1) is 9.78. The van der Waals surface area contributed by atoms with Crippen LogP contribution in [0.5, 0.6) is 0 Å². The number of benzene rings is 1. The second-order valence-electron chi connectivity index (χ2n) is 5.87. The Balaban J connectivity index is 1.61. The molecule has 0 atom stereocenters. The van der Waals surface area contributed by atoms with Gasteiger partial charge in [0.1, 0.15) is 0 Å². The highest BCUT2D eigenvalue weighted by molar-refractivity contribution is 5.90. The van der Waals surface area contributed by atoms with Gasteiger partial charge in [0.05, 0.1) is 11.1 Å². The topological polar surface area (TPSA) is 58.4 Å². The number of anilines is 1. The molecule has 0 bridgehead atoms. The van der Waals surface area contributed by atoms with E-state index in [-0.39, 0.29) is 11.2 Å². The Morgan fingerprint density at radius 3 is 2.57 bits per heavy atom. The average molecular weight is 299 g/mol. The van der Waals surface area contributed by atoms with E-state index in [1.165, 1.54) is 17.0 Å². The van der Waals surface area contributed by atoms with Crippen molar-refractivity contribution in [2.45, 2.75) is 24.6 Å². The predicted octanol–water partition coefficient (Wildman–Crippen LogP) is 2.66. The second-order valence-corrected chi connectivity index (χ2v) is 5.87. The number of carbonyl (C=O) groups is 1. The first-order valence-electron chi connectivity index (χ1n) is 6.80. The van der Waals surface area contributed by atoms with Gasteiger partial charge < -0.3 is 16.0 Å². The van der Waals surface area contributed by atoms with Gasteiger partial charge in [-0.25, -0.2) is 4.79 Å². The number of nitrogens with one attached hydrogen (secondary N) is 1. The smallest absolute Gasteiger partial charge is 0.322 e. The number of amides is 2. The van der Waals surface area contributed by atoms with Crippen LogP contribution in [0, 0.1) is 5.92 Å². The standard InChI is InChI=1S/C14H16F3N3O/c15-14(16,17)10-2-1-3-11(6-10)19-12(21)20-7-13(18,8-20)9-4-5-9/h1-3,6,9H,4-5,7-8,18H2,(H,19,21). The lowest BCUT2D eigenvalue weighted by atomic mass is 9.86. The minimum atomic E-state index is -4.42. The van der Waals surface area contributed by atoms with E-state index in [1.54, 1.807) is 0 Å². The summed E-state index contributed by atoms with van der Waals surface area (Å²) in [6.07, 6.45) is -2.23. The molecular formula is C14H16F3N3O. The van der Waals surface area contributed by atoms with E-state index in [4.69, 9.17) is 5.73 Å². The molecule has 2 aliphatic rings. The van der Waals surface area contributed by atoms with Gasteiger partial charge in [0, 0.05) is 18.8 Å². The van der Waals surface area contributed by atoms with Crippen LogP contribution >= 0.6 is 0 Å². The van der Waals surface area contributed by atoms with E-state index in [0.717, 1.165) is 25.0 Å². The van der Waals surface area contributed by atoms with Gasteiger partial charge in [-0.1, -0.05) is 6.07 Å². The van der Waals surface area contributed by atoms with Crippen LogP contribution in [-0.4, -0.2) is 29.6 Å². The number of hydrogen-bond donors (Lipinski definition) is 2. The fourth-order valence-corrected chi connectivity index (χ4v) is 2.70. The minimum Gasteiger partial charge on any atom is -0.322 e. The molecule has 0 aromatic heterocycles. The van der Waals surface area contributed by atoms with Gasteiger partial charge in [-0.3, -0.25) is 0 Å². The molecule has 3 rings (SSSR count). The molecule has 114 valence electrons. The van der Waals surface area contributed by atoms with E-state index < -0.39 is 17.8 Å². The zero-order valence-electron chi connectivity index (χ0n) is 11.3. The molecule has 0 unspecified atom stereocenters. The van der Waals surface area contributed by atoms with Gasteiger partial charge in [0.2, 0.25) is 0 Å². The molecule has 0 radical (unpaired) electrons. The normalized spacial score (nSPS) is 20.9. The van der Waals surface area contributed by atoms with Crippen LogP contribution in [0.3, 0.4) is 0 Å². The van der Waals surface area contributed by atoms with Gasteiger partial charge >= 0.3 is 12.2 Å². The summed E-state index contributed by atoms with van der Waals surface area (Å²) in [5, 5.41) is 2.48. The number of halogens is 3. The molecule has 2 amide bonds. The maximum Gasteiger partial charge on any atom is 0.416 e. The van der Waals surface area contributed by atoms with Crippen molar-refractivity contribution in [2.24, 2.45) is 11.7 Å². The summed E-state index contributed by atoms with van der Waals surface area (Å²) in [6.45, 7) is 0.922. The van der Waals surface area contributed by atoms with Crippen molar-refractivity contribution < 1.29 is 18.0 Å². The molecule has 1 aliphatic heterocycles. The molecule has 1 saturated heterocycles. The summed E-state index contributed by atoms with van der Waals surface area (Å²) < 4.78 is 37.8. The highest BCUT2D eigenvalue weighted by atomic mass is 19.4. The van der Waals surface area contributed by atoms with Gasteiger partial charge in [-0.15, -0.1) is 0 Å². The average Bonchev–Trinajstić information content (AvgIpc) is 3.18. The number of likely N-dealkylation sites (tertiary alicyclic amines) is 1. The Labute approximate surface area is 120 Å². The summed E-state index contributed by atoms with van der Waals surface area (Å²) in [5.41, 5.74) is 5.19. The van der Waals surface area contributed by atoms with Crippen molar-refractivity contribution in [1.82, 2.24) is 4.90 Å². The molecule has 7 heteroatoms. The number of nitrogens with two attached hydrogens (primary N) is 1. The summed E-state index contributed by atoms with van der Waals surface area (Å²) in [7, 11) is 0. The summed E-state index contributed by atoms with van der Waals surface area (Å²) in [6, 6.07) is 4.19. The Kier molecular flexibility index (Phi) is 3.12. The van der Waals surface area contributed by atoms with E-state index in [9.17, 15) is 18.0 Å². The molecule has 21 heavy (non-hydrogen) atoms. The fourth-order valence-electron chi connectivity index (χ4n) is 2.70. The molecule has 4 nitrogen and oxygen atoms in total. The van der Waals surface area contributed by atoms with Crippen molar-refractivity contribution >= 4 is 11.7 Å². The molecule has 3 N–H and O–H groups in total. The lowest BCUT2D eigenvalue weighted by Gasteiger charge is -2.48. The van der Waals surface area contributed by atoms with Gasteiger partial charge in [-0.05, 0) is 37.0 Å². The number of hydrogen-bond acceptors (Lipinski definition) is 2. The molecule has 1 aromatic carbocycles. The lowest BCUT2D eigenvalue weighted by Crippen LogP contribution is -2.70. The quantitative estimate of drug-likeness (QED) is 0.882. The van der Waals surface area contributed by atoms with Crippen molar-refractivity contribution in [2.75, 3.05) is 18.4 Å². The van der Waals surface area contributed by atoms with E-state index in [0.29, 0.717) is 19.0 Å². The van der Waals surface area contributed by atoms with Gasteiger partial charge in [-0.2, -0.15) is 13.2 Å². The number of carbonyl (C=O) groups excluding carboxylic acids is 1. The molecule has 1 aromatic rings. The highest BCUT2D eigenvalue weighted by Crippen LogP contribution is 2.43. The van der Waals surface area contributed by atoms with Crippen molar-refractivity contribution in [1.29, 1.82) is 0 Å². The van der Waals surface area contributed by atoms with Crippen LogP contribution in [-0.2, 0) is 6.18 Å².